The van der Waals surface area contributed by atoms with Gasteiger partial charge >= 0.3 is 0 Å². The Bertz CT molecular complexity index is 499. The standard InChI is InChI=1S/C9H15N5O3S/c1-2-18(16,17)4-3-11-9(15)7-5-13-8(14-10)6-12-7/h5-6H,2-4,10H2,1H3,(H,11,15)(H,13,14). The number of carbonyl (C=O) groups is 1. The maximum Gasteiger partial charge on any atom is 0.271 e. The van der Waals surface area contributed by atoms with Gasteiger partial charge in [-0.1, -0.05) is 6.92 Å². The minimum atomic E-state index is -3.09. The Morgan fingerprint density at radius 2 is 2.11 bits per heavy atom. The summed E-state index contributed by atoms with van der Waals surface area (Å²) < 4.78 is 22.4. The van der Waals surface area contributed by atoms with E-state index >= 15 is 0 Å². The van der Waals surface area contributed by atoms with Crippen molar-refractivity contribution in [3.63, 3.8) is 0 Å². The number of amides is 1. The average molecular weight is 273 g/mol. The molecule has 0 aliphatic heterocycles. The number of rotatable bonds is 6. The molecule has 0 aliphatic carbocycles. The number of hydrazine groups is 1. The molecule has 0 saturated heterocycles. The number of carbonyl (C=O) groups excluding carboxylic acids is 1. The lowest BCUT2D eigenvalue weighted by molar-refractivity contribution is 0.0951. The molecule has 1 aromatic heterocycles. The van der Waals surface area contributed by atoms with Crippen LogP contribution in [-0.2, 0) is 9.84 Å². The van der Waals surface area contributed by atoms with Gasteiger partial charge in [0, 0.05) is 12.3 Å². The molecule has 0 aliphatic rings. The van der Waals surface area contributed by atoms with Crippen molar-refractivity contribution in [2.75, 3.05) is 23.5 Å². The van der Waals surface area contributed by atoms with E-state index in [0.717, 1.165) is 0 Å². The van der Waals surface area contributed by atoms with Crippen LogP contribution < -0.4 is 16.6 Å². The van der Waals surface area contributed by atoms with Gasteiger partial charge in [0.1, 0.15) is 5.69 Å². The molecule has 1 aromatic rings. The van der Waals surface area contributed by atoms with Crippen molar-refractivity contribution in [3.05, 3.63) is 18.1 Å². The summed E-state index contributed by atoms with van der Waals surface area (Å²) >= 11 is 0. The van der Waals surface area contributed by atoms with Crippen molar-refractivity contribution in [3.8, 4) is 0 Å². The van der Waals surface area contributed by atoms with Crippen LogP contribution in [-0.4, -0.2) is 42.3 Å². The van der Waals surface area contributed by atoms with Crippen LogP contribution in [0.4, 0.5) is 5.82 Å². The van der Waals surface area contributed by atoms with Crippen LogP contribution in [0.2, 0.25) is 0 Å². The van der Waals surface area contributed by atoms with Crippen molar-refractivity contribution in [2.24, 2.45) is 5.84 Å². The summed E-state index contributed by atoms with van der Waals surface area (Å²) in [6.07, 6.45) is 2.55. The molecule has 0 aromatic carbocycles. The average Bonchev–Trinajstić information content (AvgIpc) is 2.38. The van der Waals surface area contributed by atoms with Crippen molar-refractivity contribution in [2.45, 2.75) is 6.92 Å². The number of hydrogen-bond donors (Lipinski definition) is 3. The second kappa shape index (κ2) is 6.26. The van der Waals surface area contributed by atoms with Gasteiger partial charge in [0.15, 0.2) is 15.7 Å². The van der Waals surface area contributed by atoms with Gasteiger partial charge < -0.3 is 10.7 Å². The number of aromatic nitrogens is 2. The second-order valence-electron chi connectivity index (χ2n) is 3.42. The zero-order valence-electron chi connectivity index (χ0n) is 9.88. The summed E-state index contributed by atoms with van der Waals surface area (Å²) in [7, 11) is -3.09. The van der Waals surface area contributed by atoms with Crippen LogP contribution in [0.5, 0.6) is 0 Å². The highest BCUT2D eigenvalue weighted by molar-refractivity contribution is 7.91. The van der Waals surface area contributed by atoms with Gasteiger partial charge in [-0.15, -0.1) is 0 Å². The van der Waals surface area contributed by atoms with Crippen molar-refractivity contribution < 1.29 is 13.2 Å². The molecule has 18 heavy (non-hydrogen) atoms. The molecular formula is C9H15N5O3S. The van der Waals surface area contributed by atoms with Crippen LogP contribution in [0, 0.1) is 0 Å². The van der Waals surface area contributed by atoms with Crippen molar-refractivity contribution in [1.29, 1.82) is 0 Å². The lowest BCUT2D eigenvalue weighted by Crippen LogP contribution is -2.30. The third-order valence-electron chi connectivity index (χ3n) is 2.17. The first-order valence-corrected chi connectivity index (χ1v) is 7.08. The normalized spacial score (nSPS) is 11.0. The summed E-state index contributed by atoms with van der Waals surface area (Å²) in [6.45, 7) is 1.61. The van der Waals surface area contributed by atoms with E-state index in [4.69, 9.17) is 5.84 Å². The van der Waals surface area contributed by atoms with E-state index in [1.165, 1.54) is 12.4 Å². The smallest absolute Gasteiger partial charge is 0.271 e. The highest BCUT2D eigenvalue weighted by Crippen LogP contribution is 1.98. The molecule has 0 saturated carbocycles. The van der Waals surface area contributed by atoms with Gasteiger partial charge in [-0.3, -0.25) is 4.79 Å². The lowest BCUT2D eigenvalue weighted by atomic mass is 10.4. The Balaban J connectivity index is 2.50. The molecule has 0 radical (unpaired) electrons. The molecule has 4 N–H and O–H groups in total. The van der Waals surface area contributed by atoms with Crippen molar-refractivity contribution >= 4 is 21.6 Å². The molecule has 0 atom stereocenters. The highest BCUT2D eigenvalue weighted by Gasteiger charge is 2.10. The third-order valence-corrected chi connectivity index (χ3v) is 3.88. The highest BCUT2D eigenvalue weighted by atomic mass is 32.2. The predicted molar refractivity (Wildman–Crippen MR) is 66.5 cm³/mol. The Hall–Kier alpha value is -1.74. The topological polar surface area (TPSA) is 127 Å². The first kappa shape index (κ1) is 14.3. The van der Waals surface area contributed by atoms with Crippen LogP contribution in [0.1, 0.15) is 17.4 Å². The minimum Gasteiger partial charge on any atom is -0.350 e. The fourth-order valence-corrected chi connectivity index (χ4v) is 1.78. The first-order valence-electron chi connectivity index (χ1n) is 5.26. The predicted octanol–water partition coefficient (Wildman–Crippen LogP) is -1.07. The molecule has 0 bridgehead atoms. The quantitative estimate of drug-likeness (QED) is 0.444. The Morgan fingerprint density at radius 3 is 2.61 bits per heavy atom. The Labute approximate surface area is 105 Å². The van der Waals surface area contributed by atoms with Gasteiger partial charge in [0.2, 0.25) is 0 Å². The third kappa shape index (κ3) is 4.26. The number of anilines is 1. The van der Waals surface area contributed by atoms with Gasteiger partial charge in [0.25, 0.3) is 5.91 Å². The Kier molecular flexibility index (Phi) is 4.98. The van der Waals surface area contributed by atoms with E-state index in [9.17, 15) is 13.2 Å². The van der Waals surface area contributed by atoms with Gasteiger partial charge in [-0.05, 0) is 0 Å². The molecule has 8 nitrogen and oxygen atoms in total. The first-order chi connectivity index (χ1) is 8.48. The number of nitrogen functional groups attached to an aromatic ring is 1. The molecule has 1 heterocycles. The second-order valence-corrected chi connectivity index (χ2v) is 5.90. The number of nitrogens with zero attached hydrogens (tertiary/aromatic N) is 2. The maximum atomic E-state index is 11.6. The summed E-state index contributed by atoms with van der Waals surface area (Å²) in [5.74, 6) is 4.92. The molecule has 100 valence electrons. The zero-order valence-corrected chi connectivity index (χ0v) is 10.7. The lowest BCUT2D eigenvalue weighted by Gasteiger charge is -2.05. The number of nitrogens with two attached hydrogens (primary N) is 1. The number of hydrogen-bond acceptors (Lipinski definition) is 7. The van der Waals surface area contributed by atoms with Crippen LogP contribution in [0.15, 0.2) is 12.4 Å². The molecule has 0 spiro atoms. The number of sulfone groups is 1. The van der Waals surface area contributed by atoms with Gasteiger partial charge in [-0.25, -0.2) is 24.2 Å². The maximum absolute atomic E-state index is 11.6. The van der Waals surface area contributed by atoms with E-state index in [1.807, 2.05) is 0 Å². The molecule has 0 unspecified atom stereocenters. The van der Waals surface area contributed by atoms with E-state index in [2.05, 4.69) is 20.7 Å². The van der Waals surface area contributed by atoms with Gasteiger partial charge in [0.05, 0.1) is 18.1 Å². The SMILES string of the molecule is CCS(=O)(=O)CCNC(=O)c1cnc(NN)cn1. The molecule has 1 amide bonds. The summed E-state index contributed by atoms with van der Waals surface area (Å²) in [6, 6.07) is 0. The van der Waals surface area contributed by atoms with Crippen LogP contribution in [0.3, 0.4) is 0 Å². The van der Waals surface area contributed by atoms with Gasteiger partial charge in [-0.2, -0.15) is 0 Å². The van der Waals surface area contributed by atoms with E-state index in [1.54, 1.807) is 6.92 Å². The Morgan fingerprint density at radius 1 is 1.39 bits per heavy atom. The van der Waals surface area contributed by atoms with Crippen molar-refractivity contribution in [1.82, 2.24) is 15.3 Å². The van der Waals surface area contributed by atoms with E-state index < -0.39 is 15.7 Å². The summed E-state index contributed by atoms with van der Waals surface area (Å²) in [4.78, 5) is 19.2. The largest absolute Gasteiger partial charge is 0.350 e. The molecule has 0 fully saturated rings. The molecule has 1 rings (SSSR count). The minimum absolute atomic E-state index is 0.0492. The van der Waals surface area contributed by atoms with Crippen LogP contribution >= 0.6 is 0 Å². The summed E-state index contributed by atoms with van der Waals surface area (Å²) in [5, 5.41) is 2.45. The monoisotopic (exact) mass is 273 g/mol. The molecule has 9 heteroatoms. The fraction of sp³-hybridized carbons (Fsp3) is 0.444. The number of nitrogens with one attached hydrogen (secondary N) is 2. The zero-order chi connectivity index (χ0) is 13.6. The molecular weight excluding hydrogens is 258 g/mol. The van der Waals surface area contributed by atoms with Crippen LogP contribution in [0.25, 0.3) is 0 Å². The fourth-order valence-electron chi connectivity index (χ4n) is 1.07. The summed E-state index contributed by atoms with van der Waals surface area (Å²) in [5.41, 5.74) is 2.38. The van der Waals surface area contributed by atoms with E-state index in [-0.39, 0.29) is 23.7 Å². The van der Waals surface area contributed by atoms with E-state index in [0.29, 0.717) is 5.82 Å².